The van der Waals surface area contributed by atoms with Crippen molar-refractivity contribution in [2.75, 3.05) is 0 Å². The van der Waals surface area contributed by atoms with Crippen LogP contribution in [0.15, 0.2) is 0 Å². The number of hydrogen-bond acceptors (Lipinski definition) is 8. The normalized spacial score (nSPS) is 10.0. The molecular formula is C10H14N2O8. The molecule has 10 heteroatoms. The first-order chi connectivity index (χ1) is 9.09. The Balaban J connectivity index is 5.02. The van der Waals surface area contributed by atoms with Crippen LogP contribution in [0.5, 0.6) is 0 Å². The molecule has 0 aromatic heterocycles. The van der Waals surface area contributed by atoms with Gasteiger partial charge in [-0.3, -0.25) is 24.0 Å². The molecule has 0 bridgehead atoms. The third-order valence-electron chi connectivity index (χ3n) is 1.79. The second-order valence-corrected chi connectivity index (χ2v) is 3.68. The minimum Gasteiger partial charge on any atom is -0.439 e. The zero-order valence-electron chi connectivity index (χ0n) is 11.3. The number of carbonyl (C=O) groups excluding carboxylic acids is 5. The lowest BCUT2D eigenvalue weighted by atomic mass is 10.1. The van der Waals surface area contributed by atoms with Crippen molar-refractivity contribution in [1.82, 2.24) is 11.0 Å². The molecule has 0 saturated carbocycles. The van der Waals surface area contributed by atoms with Crippen LogP contribution in [-0.2, 0) is 38.4 Å². The lowest BCUT2D eigenvalue weighted by Crippen LogP contribution is -2.57. The summed E-state index contributed by atoms with van der Waals surface area (Å²) in [6, 6.07) is 0. The molecule has 0 atom stereocenters. The van der Waals surface area contributed by atoms with Gasteiger partial charge in [-0.25, -0.2) is 0 Å². The zero-order valence-corrected chi connectivity index (χ0v) is 11.3. The average molecular weight is 290 g/mol. The SMILES string of the molecule is CC(=O)ONC(=O)C(C)(OC(C)=O)C(=O)NOC(C)=O. The summed E-state index contributed by atoms with van der Waals surface area (Å²) in [6.45, 7) is 3.88. The van der Waals surface area contributed by atoms with E-state index in [9.17, 15) is 24.0 Å². The van der Waals surface area contributed by atoms with E-state index in [0.717, 1.165) is 27.7 Å². The highest BCUT2D eigenvalue weighted by molar-refractivity contribution is 6.09. The van der Waals surface area contributed by atoms with Gasteiger partial charge < -0.3 is 14.4 Å². The van der Waals surface area contributed by atoms with E-state index in [4.69, 9.17) is 0 Å². The summed E-state index contributed by atoms with van der Waals surface area (Å²) >= 11 is 0. The maximum Gasteiger partial charge on any atom is 0.329 e. The van der Waals surface area contributed by atoms with Crippen LogP contribution in [0.1, 0.15) is 27.7 Å². The van der Waals surface area contributed by atoms with E-state index in [0.29, 0.717) is 0 Å². The van der Waals surface area contributed by atoms with Crippen molar-refractivity contribution < 1.29 is 38.4 Å². The molecule has 10 nitrogen and oxygen atoms in total. The van der Waals surface area contributed by atoms with Gasteiger partial charge in [-0.2, -0.15) is 11.0 Å². The second-order valence-electron chi connectivity index (χ2n) is 3.68. The van der Waals surface area contributed by atoms with E-state index in [2.05, 4.69) is 14.4 Å². The molecule has 0 radical (unpaired) electrons. The molecule has 0 fully saturated rings. The van der Waals surface area contributed by atoms with Crippen molar-refractivity contribution in [1.29, 1.82) is 0 Å². The second kappa shape index (κ2) is 7.07. The Morgan fingerprint density at radius 3 is 1.35 bits per heavy atom. The topological polar surface area (TPSA) is 137 Å². The fourth-order valence-electron chi connectivity index (χ4n) is 0.914. The van der Waals surface area contributed by atoms with Gasteiger partial charge in [-0.05, 0) is 6.92 Å². The van der Waals surface area contributed by atoms with Gasteiger partial charge in [0.1, 0.15) is 0 Å². The molecule has 20 heavy (non-hydrogen) atoms. The van der Waals surface area contributed by atoms with Gasteiger partial charge in [0.15, 0.2) is 0 Å². The number of hydrogen-bond donors (Lipinski definition) is 2. The zero-order chi connectivity index (χ0) is 15.9. The minimum absolute atomic E-state index is 0.857. The quantitative estimate of drug-likeness (QED) is 0.277. The first-order valence-corrected chi connectivity index (χ1v) is 5.25. The van der Waals surface area contributed by atoms with Crippen molar-refractivity contribution in [3.63, 3.8) is 0 Å². The third-order valence-corrected chi connectivity index (χ3v) is 1.79. The van der Waals surface area contributed by atoms with Gasteiger partial charge in [0.2, 0.25) is 0 Å². The molecule has 0 aliphatic rings. The monoisotopic (exact) mass is 290 g/mol. The summed E-state index contributed by atoms with van der Waals surface area (Å²) < 4.78 is 4.58. The average Bonchev–Trinajstić information content (AvgIpc) is 2.31. The molecule has 0 aliphatic heterocycles. The lowest BCUT2D eigenvalue weighted by molar-refractivity contribution is -0.184. The fourth-order valence-corrected chi connectivity index (χ4v) is 0.914. The van der Waals surface area contributed by atoms with E-state index >= 15 is 0 Å². The molecule has 2 amide bonds. The summed E-state index contributed by atoms with van der Waals surface area (Å²) in [5.74, 6) is -5.16. The number of hydroxylamine groups is 2. The predicted molar refractivity (Wildman–Crippen MR) is 60.0 cm³/mol. The first-order valence-electron chi connectivity index (χ1n) is 5.25. The Bertz CT molecular complexity index is 415. The maximum absolute atomic E-state index is 11.7. The van der Waals surface area contributed by atoms with Crippen molar-refractivity contribution in [3.05, 3.63) is 0 Å². The van der Waals surface area contributed by atoms with Crippen molar-refractivity contribution in [3.8, 4) is 0 Å². The Morgan fingerprint density at radius 1 is 0.750 bits per heavy atom. The Morgan fingerprint density at radius 2 is 1.10 bits per heavy atom. The van der Waals surface area contributed by atoms with Crippen LogP contribution < -0.4 is 11.0 Å². The van der Waals surface area contributed by atoms with Crippen LogP contribution >= 0.6 is 0 Å². The largest absolute Gasteiger partial charge is 0.439 e. The molecule has 112 valence electrons. The highest BCUT2D eigenvalue weighted by Crippen LogP contribution is 2.12. The highest BCUT2D eigenvalue weighted by atomic mass is 16.7. The first kappa shape index (κ1) is 17.4. The summed E-state index contributed by atoms with van der Waals surface area (Å²) in [7, 11) is 0. The third kappa shape index (κ3) is 5.33. The van der Waals surface area contributed by atoms with Crippen LogP contribution in [0.3, 0.4) is 0 Å². The molecule has 0 aromatic carbocycles. The van der Waals surface area contributed by atoms with E-state index in [1.165, 1.54) is 0 Å². The van der Waals surface area contributed by atoms with E-state index in [1.54, 1.807) is 11.0 Å². The van der Waals surface area contributed by atoms with Gasteiger partial charge in [0, 0.05) is 20.8 Å². The number of carbonyl (C=O) groups is 5. The minimum atomic E-state index is -2.39. The molecule has 0 spiro atoms. The highest BCUT2D eigenvalue weighted by Gasteiger charge is 2.46. The van der Waals surface area contributed by atoms with Gasteiger partial charge in [-0.1, -0.05) is 0 Å². The number of amides is 2. The summed E-state index contributed by atoms with van der Waals surface area (Å²) in [5.41, 5.74) is 0.867. The molecule has 2 N–H and O–H groups in total. The molecule has 0 aromatic rings. The number of rotatable bonds is 3. The van der Waals surface area contributed by atoms with Crippen LogP contribution in [0.25, 0.3) is 0 Å². The van der Waals surface area contributed by atoms with Crippen LogP contribution in [0.2, 0.25) is 0 Å². The molecular weight excluding hydrogens is 276 g/mol. The molecule has 0 unspecified atom stereocenters. The van der Waals surface area contributed by atoms with Crippen LogP contribution in [-0.4, -0.2) is 35.3 Å². The van der Waals surface area contributed by atoms with Gasteiger partial charge in [-0.15, -0.1) is 0 Å². The van der Waals surface area contributed by atoms with Crippen molar-refractivity contribution in [2.24, 2.45) is 0 Å². The standard InChI is InChI=1S/C10H14N2O8/c1-5(13)18-10(4,8(16)11-19-6(2)14)9(17)12-20-7(3)15/h1-4H3,(H,11,16)(H,12,17). The maximum atomic E-state index is 11.7. The van der Waals surface area contributed by atoms with Gasteiger partial charge >= 0.3 is 29.7 Å². The lowest BCUT2D eigenvalue weighted by Gasteiger charge is -2.25. The molecule has 0 heterocycles. The number of esters is 1. The summed E-state index contributed by atoms with van der Waals surface area (Å²) in [6.07, 6.45) is 0. The molecule has 0 rings (SSSR count). The smallest absolute Gasteiger partial charge is 0.329 e. The van der Waals surface area contributed by atoms with Gasteiger partial charge in [0.05, 0.1) is 0 Å². The van der Waals surface area contributed by atoms with Gasteiger partial charge in [0.25, 0.3) is 5.60 Å². The number of ether oxygens (including phenoxy) is 1. The van der Waals surface area contributed by atoms with E-state index in [-0.39, 0.29) is 0 Å². The van der Waals surface area contributed by atoms with Crippen molar-refractivity contribution >= 4 is 29.7 Å². The van der Waals surface area contributed by atoms with Crippen molar-refractivity contribution in [2.45, 2.75) is 33.3 Å². The number of nitrogens with one attached hydrogen (secondary N) is 2. The van der Waals surface area contributed by atoms with Crippen LogP contribution in [0, 0.1) is 0 Å². The predicted octanol–water partition coefficient (Wildman–Crippen LogP) is -1.50. The van der Waals surface area contributed by atoms with E-state index in [1.807, 2.05) is 0 Å². The summed E-state index contributed by atoms with van der Waals surface area (Å²) in [4.78, 5) is 63.9. The molecule has 0 aliphatic carbocycles. The Hall–Kier alpha value is -2.65. The summed E-state index contributed by atoms with van der Waals surface area (Å²) in [5, 5.41) is 0. The Kier molecular flexibility index (Phi) is 6.13. The fraction of sp³-hybridized carbons (Fsp3) is 0.500. The van der Waals surface area contributed by atoms with Crippen LogP contribution in [0.4, 0.5) is 0 Å². The Labute approximate surface area is 113 Å². The van der Waals surface area contributed by atoms with E-state index < -0.39 is 35.3 Å². The molecule has 0 saturated heterocycles.